The number of hydrogen-bond donors (Lipinski definition) is 1. The molecule has 156 valence electrons. The molecule has 1 saturated heterocycles. The van der Waals surface area contributed by atoms with Crippen LogP contribution >= 0.6 is 0 Å². The first-order valence-corrected chi connectivity index (χ1v) is 9.49. The third-order valence-electron chi connectivity index (χ3n) is 4.79. The molecule has 0 spiro atoms. The summed E-state index contributed by atoms with van der Waals surface area (Å²) in [5.74, 6) is -1.28. The van der Waals surface area contributed by atoms with Crippen LogP contribution in [0.15, 0.2) is 17.1 Å². The highest BCUT2D eigenvalue weighted by Gasteiger charge is 2.52. The standard InChI is InChI=1S/C19H29N3O6/c1-6-19(10-26-16(23)11(2)3)13(27-17(24)12(4)5)9-15(28-19)22-8-7-14(20)21-18(22)25/h7-8,11-13,15H,6,9-10H2,1-5H3,(H2,20,21,25). The Labute approximate surface area is 164 Å². The molecule has 1 aromatic rings. The molecule has 3 unspecified atom stereocenters. The predicted octanol–water partition coefficient (Wildman–Crippen LogP) is 1.66. The van der Waals surface area contributed by atoms with Gasteiger partial charge in [0, 0.05) is 12.6 Å². The van der Waals surface area contributed by atoms with Crippen LogP contribution in [0.1, 0.15) is 53.7 Å². The quantitative estimate of drug-likeness (QED) is 0.692. The molecule has 2 heterocycles. The van der Waals surface area contributed by atoms with Gasteiger partial charge in [0.05, 0.1) is 11.8 Å². The molecule has 0 radical (unpaired) electrons. The number of nitrogens with two attached hydrogens (primary N) is 1. The van der Waals surface area contributed by atoms with Gasteiger partial charge in [0.1, 0.15) is 30.4 Å². The van der Waals surface area contributed by atoms with E-state index in [-0.39, 0.29) is 42.6 Å². The molecule has 3 atom stereocenters. The van der Waals surface area contributed by atoms with Crippen LogP contribution < -0.4 is 11.4 Å². The Morgan fingerprint density at radius 3 is 2.50 bits per heavy atom. The fourth-order valence-electron chi connectivity index (χ4n) is 2.94. The maximum Gasteiger partial charge on any atom is 0.351 e. The van der Waals surface area contributed by atoms with Crippen molar-refractivity contribution in [3.8, 4) is 0 Å². The van der Waals surface area contributed by atoms with E-state index >= 15 is 0 Å². The van der Waals surface area contributed by atoms with Gasteiger partial charge in [-0.2, -0.15) is 4.98 Å². The van der Waals surface area contributed by atoms with Crippen molar-refractivity contribution in [1.82, 2.24) is 9.55 Å². The van der Waals surface area contributed by atoms with Crippen molar-refractivity contribution in [2.75, 3.05) is 12.3 Å². The summed E-state index contributed by atoms with van der Waals surface area (Å²) >= 11 is 0. The number of hydrogen-bond acceptors (Lipinski definition) is 8. The van der Waals surface area contributed by atoms with E-state index in [4.69, 9.17) is 19.9 Å². The summed E-state index contributed by atoms with van der Waals surface area (Å²) < 4.78 is 18.5. The van der Waals surface area contributed by atoms with Gasteiger partial charge in [-0.3, -0.25) is 14.2 Å². The Bertz CT molecular complexity index is 775. The molecule has 2 N–H and O–H groups in total. The highest BCUT2D eigenvalue weighted by molar-refractivity contribution is 5.72. The lowest BCUT2D eigenvalue weighted by Crippen LogP contribution is -2.47. The number of esters is 2. The summed E-state index contributed by atoms with van der Waals surface area (Å²) in [6.07, 6.45) is 0.742. The lowest BCUT2D eigenvalue weighted by atomic mass is 9.94. The maximum atomic E-state index is 12.2. The molecular formula is C19H29N3O6. The summed E-state index contributed by atoms with van der Waals surface area (Å²) in [4.78, 5) is 40.1. The van der Waals surface area contributed by atoms with Crippen LogP contribution in [-0.2, 0) is 23.8 Å². The second kappa shape index (κ2) is 8.72. The molecule has 0 aliphatic carbocycles. The lowest BCUT2D eigenvalue weighted by molar-refractivity contribution is -0.182. The molecule has 1 fully saturated rings. The van der Waals surface area contributed by atoms with Gasteiger partial charge >= 0.3 is 17.6 Å². The average Bonchev–Trinajstić information content (AvgIpc) is 2.97. The monoisotopic (exact) mass is 395 g/mol. The van der Waals surface area contributed by atoms with Crippen molar-refractivity contribution in [3.63, 3.8) is 0 Å². The van der Waals surface area contributed by atoms with Gasteiger partial charge in [0.2, 0.25) is 0 Å². The van der Waals surface area contributed by atoms with E-state index in [1.54, 1.807) is 27.7 Å². The SMILES string of the molecule is CCC1(COC(=O)C(C)C)OC(n2ccc(N)nc2=O)CC1OC(=O)C(C)C. The number of anilines is 1. The average molecular weight is 395 g/mol. The Balaban J connectivity index is 2.32. The minimum absolute atomic E-state index is 0.0792. The molecule has 1 aliphatic rings. The van der Waals surface area contributed by atoms with Crippen LogP contribution in [0, 0.1) is 11.8 Å². The molecule has 0 amide bonds. The van der Waals surface area contributed by atoms with Gasteiger partial charge < -0.3 is 19.9 Å². The van der Waals surface area contributed by atoms with E-state index in [2.05, 4.69) is 4.98 Å². The van der Waals surface area contributed by atoms with Crippen molar-refractivity contribution < 1.29 is 23.8 Å². The van der Waals surface area contributed by atoms with Crippen molar-refractivity contribution >= 4 is 17.8 Å². The molecule has 9 heteroatoms. The second-order valence-electron chi connectivity index (χ2n) is 7.61. The number of nitrogens with zero attached hydrogens (tertiary/aromatic N) is 2. The molecule has 0 saturated carbocycles. The largest absolute Gasteiger partial charge is 0.462 e. The van der Waals surface area contributed by atoms with Crippen molar-refractivity contribution in [3.05, 3.63) is 22.7 Å². The Kier molecular flexibility index (Phi) is 6.82. The van der Waals surface area contributed by atoms with Crippen molar-refractivity contribution in [2.24, 2.45) is 11.8 Å². The smallest absolute Gasteiger partial charge is 0.351 e. The van der Waals surface area contributed by atoms with E-state index in [1.807, 2.05) is 6.92 Å². The lowest BCUT2D eigenvalue weighted by Gasteiger charge is -2.33. The van der Waals surface area contributed by atoms with Crippen molar-refractivity contribution in [2.45, 2.75) is 65.4 Å². The van der Waals surface area contributed by atoms with Crippen LogP contribution in [-0.4, -0.2) is 39.8 Å². The predicted molar refractivity (Wildman–Crippen MR) is 101 cm³/mol. The first-order valence-electron chi connectivity index (χ1n) is 9.49. The number of ether oxygens (including phenoxy) is 3. The van der Waals surface area contributed by atoms with E-state index in [0.717, 1.165) is 0 Å². The third kappa shape index (κ3) is 4.70. The highest BCUT2D eigenvalue weighted by Crippen LogP contribution is 2.41. The van der Waals surface area contributed by atoms with Crippen molar-refractivity contribution in [1.29, 1.82) is 0 Å². The molecule has 1 aliphatic heterocycles. The minimum Gasteiger partial charge on any atom is -0.462 e. The van der Waals surface area contributed by atoms with Gasteiger partial charge in [0.25, 0.3) is 0 Å². The van der Waals surface area contributed by atoms with Gasteiger partial charge in [-0.1, -0.05) is 34.6 Å². The second-order valence-corrected chi connectivity index (χ2v) is 7.61. The summed E-state index contributed by atoms with van der Waals surface area (Å²) in [5, 5.41) is 0. The van der Waals surface area contributed by atoms with E-state index < -0.39 is 23.6 Å². The van der Waals surface area contributed by atoms with Crippen LogP contribution in [0.4, 0.5) is 5.82 Å². The molecule has 9 nitrogen and oxygen atoms in total. The highest BCUT2D eigenvalue weighted by atomic mass is 16.6. The summed E-state index contributed by atoms with van der Waals surface area (Å²) in [5.41, 5.74) is 3.93. The molecule has 0 aromatic carbocycles. The van der Waals surface area contributed by atoms with E-state index in [1.165, 1.54) is 16.8 Å². The normalized spacial score (nSPS) is 24.5. The van der Waals surface area contributed by atoms with Crippen LogP contribution in [0.5, 0.6) is 0 Å². The molecule has 1 aromatic heterocycles. The summed E-state index contributed by atoms with van der Waals surface area (Å²) in [7, 11) is 0. The third-order valence-corrected chi connectivity index (χ3v) is 4.79. The topological polar surface area (TPSA) is 123 Å². The van der Waals surface area contributed by atoms with Gasteiger partial charge in [-0.05, 0) is 12.5 Å². The first kappa shape index (κ1) is 21.9. The van der Waals surface area contributed by atoms with Gasteiger partial charge in [0.15, 0.2) is 0 Å². The Morgan fingerprint density at radius 1 is 1.32 bits per heavy atom. The number of carbonyl (C=O) groups excluding carboxylic acids is 2. The summed E-state index contributed by atoms with van der Waals surface area (Å²) in [6.45, 7) is 8.70. The van der Waals surface area contributed by atoms with E-state index in [9.17, 15) is 14.4 Å². The Morgan fingerprint density at radius 2 is 1.96 bits per heavy atom. The fraction of sp³-hybridized carbons (Fsp3) is 0.684. The zero-order valence-electron chi connectivity index (χ0n) is 17.0. The number of rotatable bonds is 7. The van der Waals surface area contributed by atoms with Crippen LogP contribution in [0.25, 0.3) is 0 Å². The number of aromatic nitrogens is 2. The molecule has 2 rings (SSSR count). The Hall–Kier alpha value is -2.42. The van der Waals surface area contributed by atoms with Gasteiger partial charge in [-0.15, -0.1) is 0 Å². The molecular weight excluding hydrogens is 366 g/mol. The number of carbonyl (C=O) groups is 2. The zero-order chi connectivity index (χ0) is 21.1. The van der Waals surface area contributed by atoms with Crippen LogP contribution in [0.3, 0.4) is 0 Å². The van der Waals surface area contributed by atoms with Gasteiger partial charge in [-0.25, -0.2) is 4.79 Å². The molecule has 28 heavy (non-hydrogen) atoms. The van der Waals surface area contributed by atoms with Crippen LogP contribution in [0.2, 0.25) is 0 Å². The molecule has 0 bridgehead atoms. The first-order chi connectivity index (χ1) is 13.1. The maximum absolute atomic E-state index is 12.2. The zero-order valence-corrected chi connectivity index (χ0v) is 17.0. The fourth-order valence-corrected chi connectivity index (χ4v) is 2.94. The number of nitrogen functional groups attached to an aromatic ring is 1. The summed E-state index contributed by atoms with van der Waals surface area (Å²) in [6, 6.07) is 1.49. The van der Waals surface area contributed by atoms with E-state index in [0.29, 0.717) is 6.42 Å². The minimum atomic E-state index is -1.05.